The van der Waals surface area contributed by atoms with Gasteiger partial charge in [-0.25, -0.2) is 0 Å². The highest BCUT2D eigenvalue weighted by Crippen LogP contribution is 2.30. The summed E-state index contributed by atoms with van der Waals surface area (Å²) in [5, 5.41) is 1.16. The van der Waals surface area contributed by atoms with E-state index in [2.05, 4.69) is 41.9 Å². The van der Waals surface area contributed by atoms with E-state index in [4.69, 9.17) is 28.9 Å². The molecular formula is C16H16BrCl2N. The molecule has 0 spiro atoms. The van der Waals surface area contributed by atoms with Gasteiger partial charge in [0.25, 0.3) is 0 Å². The number of benzene rings is 2. The van der Waals surface area contributed by atoms with Crippen LogP contribution in [0.2, 0.25) is 10.0 Å². The van der Waals surface area contributed by atoms with E-state index >= 15 is 0 Å². The van der Waals surface area contributed by atoms with Crippen LogP contribution in [0, 0.1) is 13.8 Å². The number of hydrogen-bond donors (Lipinski definition) is 1. The molecule has 0 saturated heterocycles. The minimum atomic E-state index is -0.100. The molecule has 0 radical (unpaired) electrons. The molecule has 4 heteroatoms. The van der Waals surface area contributed by atoms with E-state index in [-0.39, 0.29) is 6.04 Å². The van der Waals surface area contributed by atoms with Gasteiger partial charge in [0.1, 0.15) is 0 Å². The molecule has 2 rings (SSSR count). The standard InChI is InChI=1S/C16H16BrCl2N/c1-9-6-12(7-10(2)15(9)17)14(20)8-11-4-3-5-13(18)16(11)19/h3-7,14H,8,20H2,1-2H3. The Morgan fingerprint density at radius 1 is 1.15 bits per heavy atom. The van der Waals surface area contributed by atoms with E-state index in [0.717, 1.165) is 15.6 Å². The monoisotopic (exact) mass is 371 g/mol. The summed E-state index contributed by atoms with van der Waals surface area (Å²) in [5.41, 5.74) is 10.8. The predicted octanol–water partition coefficient (Wildman–Crippen LogP) is 5.62. The SMILES string of the molecule is Cc1cc(C(N)Cc2cccc(Cl)c2Cl)cc(C)c1Br. The molecule has 2 aromatic carbocycles. The number of nitrogens with two attached hydrogens (primary N) is 1. The van der Waals surface area contributed by atoms with Gasteiger partial charge >= 0.3 is 0 Å². The summed E-state index contributed by atoms with van der Waals surface area (Å²) in [4.78, 5) is 0. The maximum absolute atomic E-state index is 6.32. The number of hydrogen-bond acceptors (Lipinski definition) is 1. The highest BCUT2D eigenvalue weighted by Gasteiger charge is 2.13. The van der Waals surface area contributed by atoms with E-state index in [1.807, 2.05) is 12.1 Å². The zero-order valence-electron chi connectivity index (χ0n) is 11.4. The molecule has 2 N–H and O–H groups in total. The maximum Gasteiger partial charge on any atom is 0.0624 e. The molecule has 0 amide bonds. The highest BCUT2D eigenvalue weighted by atomic mass is 79.9. The second kappa shape index (κ2) is 6.48. The first-order valence-electron chi connectivity index (χ1n) is 6.35. The number of rotatable bonds is 3. The van der Waals surface area contributed by atoms with Gasteiger partial charge in [-0.15, -0.1) is 0 Å². The zero-order chi connectivity index (χ0) is 14.9. The van der Waals surface area contributed by atoms with E-state index in [9.17, 15) is 0 Å². The van der Waals surface area contributed by atoms with Crippen LogP contribution in [0.15, 0.2) is 34.8 Å². The van der Waals surface area contributed by atoms with E-state index in [0.29, 0.717) is 16.5 Å². The Morgan fingerprint density at radius 3 is 2.35 bits per heavy atom. The van der Waals surface area contributed by atoms with Gasteiger partial charge in [0, 0.05) is 10.5 Å². The Bertz CT molecular complexity index is 617. The summed E-state index contributed by atoms with van der Waals surface area (Å²) in [5.74, 6) is 0. The van der Waals surface area contributed by atoms with Crippen molar-refractivity contribution in [3.05, 3.63) is 67.1 Å². The third kappa shape index (κ3) is 3.37. The fourth-order valence-corrected chi connectivity index (χ4v) is 2.88. The van der Waals surface area contributed by atoms with Crippen LogP contribution in [-0.2, 0) is 6.42 Å². The van der Waals surface area contributed by atoms with Crippen molar-refractivity contribution in [1.82, 2.24) is 0 Å². The van der Waals surface area contributed by atoms with Crippen LogP contribution in [0.4, 0.5) is 0 Å². The van der Waals surface area contributed by atoms with Gasteiger partial charge in [-0.1, -0.05) is 63.4 Å². The molecule has 0 saturated carbocycles. The molecule has 2 aromatic rings. The van der Waals surface area contributed by atoms with Gasteiger partial charge in [-0.05, 0) is 48.6 Å². The average Bonchev–Trinajstić information content (AvgIpc) is 2.40. The zero-order valence-corrected chi connectivity index (χ0v) is 14.5. The lowest BCUT2D eigenvalue weighted by molar-refractivity contribution is 0.720. The van der Waals surface area contributed by atoms with Gasteiger partial charge in [0.2, 0.25) is 0 Å². The van der Waals surface area contributed by atoms with Gasteiger partial charge < -0.3 is 5.73 Å². The van der Waals surface area contributed by atoms with E-state index in [1.54, 1.807) is 6.07 Å². The lowest BCUT2D eigenvalue weighted by Gasteiger charge is -2.16. The molecule has 0 aliphatic carbocycles. The molecular weight excluding hydrogens is 357 g/mol. The largest absolute Gasteiger partial charge is 0.324 e. The van der Waals surface area contributed by atoms with Crippen LogP contribution >= 0.6 is 39.1 Å². The Morgan fingerprint density at radius 2 is 1.75 bits per heavy atom. The van der Waals surface area contributed by atoms with Crippen LogP contribution in [-0.4, -0.2) is 0 Å². The first-order chi connectivity index (χ1) is 9.40. The highest BCUT2D eigenvalue weighted by molar-refractivity contribution is 9.10. The minimum absolute atomic E-state index is 0.100. The number of aryl methyl sites for hydroxylation is 2. The van der Waals surface area contributed by atoms with Gasteiger partial charge in [0.05, 0.1) is 10.0 Å². The van der Waals surface area contributed by atoms with Gasteiger partial charge in [-0.3, -0.25) is 0 Å². The molecule has 0 aromatic heterocycles. The molecule has 0 bridgehead atoms. The lowest BCUT2D eigenvalue weighted by atomic mass is 9.96. The van der Waals surface area contributed by atoms with Gasteiger partial charge in [0.15, 0.2) is 0 Å². The van der Waals surface area contributed by atoms with Gasteiger partial charge in [-0.2, -0.15) is 0 Å². The predicted molar refractivity (Wildman–Crippen MR) is 90.7 cm³/mol. The third-order valence-corrected chi connectivity index (χ3v) is 5.47. The van der Waals surface area contributed by atoms with Crippen LogP contribution in [0.5, 0.6) is 0 Å². The Balaban J connectivity index is 2.28. The van der Waals surface area contributed by atoms with Crippen molar-refractivity contribution in [2.24, 2.45) is 5.73 Å². The van der Waals surface area contributed by atoms with Crippen LogP contribution < -0.4 is 5.73 Å². The van der Waals surface area contributed by atoms with E-state index in [1.165, 1.54) is 11.1 Å². The first-order valence-corrected chi connectivity index (χ1v) is 7.90. The van der Waals surface area contributed by atoms with Crippen molar-refractivity contribution >= 4 is 39.1 Å². The quantitative estimate of drug-likeness (QED) is 0.743. The van der Waals surface area contributed by atoms with Crippen molar-refractivity contribution in [3.8, 4) is 0 Å². The molecule has 1 unspecified atom stereocenters. The van der Waals surface area contributed by atoms with Crippen molar-refractivity contribution in [3.63, 3.8) is 0 Å². The molecule has 20 heavy (non-hydrogen) atoms. The Hall–Kier alpha value is -0.540. The topological polar surface area (TPSA) is 26.0 Å². The Labute approximate surface area is 138 Å². The molecule has 1 nitrogen and oxygen atoms in total. The van der Waals surface area contributed by atoms with Crippen molar-refractivity contribution in [2.45, 2.75) is 26.3 Å². The molecule has 0 aliphatic heterocycles. The molecule has 0 fully saturated rings. The lowest BCUT2D eigenvalue weighted by Crippen LogP contribution is -2.14. The average molecular weight is 373 g/mol. The summed E-state index contributed by atoms with van der Waals surface area (Å²) in [7, 11) is 0. The Kier molecular flexibility index (Phi) is 5.14. The van der Waals surface area contributed by atoms with Crippen LogP contribution in [0.25, 0.3) is 0 Å². The summed E-state index contributed by atoms with van der Waals surface area (Å²) in [6.07, 6.45) is 0.667. The van der Waals surface area contributed by atoms with Crippen molar-refractivity contribution in [1.29, 1.82) is 0 Å². The summed E-state index contributed by atoms with van der Waals surface area (Å²) in [6, 6.07) is 9.77. The minimum Gasteiger partial charge on any atom is -0.324 e. The van der Waals surface area contributed by atoms with E-state index < -0.39 is 0 Å². The molecule has 0 aliphatic rings. The second-order valence-electron chi connectivity index (χ2n) is 4.99. The summed E-state index contributed by atoms with van der Waals surface area (Å²) in [6.45, 7) is 4.14. The first kappa shape index (κ1) is 15.8. The summed E-state index contributed by atoms with van der Waals surface area (Å²) < 4.78 is 1.13. The third-order valence-electron chi connectivity index (χ3n) is 3.36. The molecule has 0 heterocycles. The van der Waals surface area contributed by atoms with Crippen LogP contribution in [0.1, 0.15) is 28.3 Å². The fraction of sp³-hybridized carbons (Fsp3) is 0.250. The van der Waals surface area contributed by atoms with Crippen molar-refractivity contribution < 1.29 is 0 Å². The normalized spacial score (nSPS) is 12.5. The molecule has 1 atom stereocenters. The van der Waals surface area contributed by atoms with Crippen LogP contribution in [0.3, 0.4) is 0 Å². The maximum atomic E-state index is 6.32. The number of halogens is 3. The molecule has 106 valence electrons. The summed E-state index contributed by atoms with van der Waals surface area (Å²) >= 11 is 15.8. The fourth-order valence-electron chi connectivity index (χ4n) is 2.25. The second-order valence-corrected chi connectivity index (χ2v) is 6.57. The smallest absolute Gasteiger partial charge is 0.0624 e. The van der Waals surface area contributed by atoms with Crippen molar-refractivity contribution in [2.75, 3.05) is 0 Å².